The van der Waals surface area contributed by atoms with Gasteiger partial charge in [-0.05, 0) is 39.2 Å². The van der Waals surface area contributed by atoms with Crippen molar-refractivity contribution in [2.45, 2.75) is 84.2 Å². The summed E-state index contributed by atoms with van der Waals surface area (Å²) >= 11 is 0. The minimum Gasteiger partial charge on any atom is -0.481 e. The van der Waals surface area contributed by atoms with Crippen molar-refractivity contribution in [3.05, 3.63) is 35.9 Å². The molecular formula is C28H42N4O9. The molecule has 0 spiro atoms. The minimum absolute atomic E-state index is 0.0780. The fourth-order valence-corrected chi connectivity index (χ4v) is 4.16. The second-order valence-electron chi connectivity index (χ2n) is 11.2. The summed E-state index contributed by atoms with van der Waals surface area (Å²) in [5.41, 5.74) is -0.0614. The maximum absolute atomic E-state index is 13.9. The van der Waals surface area contributed by atoms with E-state index in [0.717, 1.165) is 10.5 Å². The lowest BCUT2D eigenvalue weighted by atomic mass is 9.98. The number of carboxylic acids is 2. The summed E-state index contributed by atoms with van der Waals surface area (Å²) in [6.07, 6.45) is -1.57. The van der Waals surface area contributed by atoms with E-state index in [9.17, 15) is 33.9 Å². The average Bonchev–Trinajstić information content (AvgIpc) is 2.84. The summed E-state index contributed by atoms with van der Waals surface area (Å²) in [5.74, 6) is -5.51. The van der Waals surface area contributed by atoms with Crippen molar-refractivity contribution in [3.8, 4) is 0 Å². The number of benzene rings is 1. The summed E-state index contributed by atoms with van der Waals surface area (Å²) in [6, 6.07) is 3.84. The number of nitrogens with one attached hydrogen (secondary N) is 2. The summed E-state index contributed by atoms with van der Waals surface area (Å²) in [7, 11) is 2.77. The highest BCUT2D eigenvalue weighted by Gasteiger charge is 2.38. The number of hydrogen-bond acceptors (Lipinski definition) is 7. The van der Waals surface area contributed by atoms with Crippen LogP contribution in [0.25, 0.3) is 0 Å². The van der Waals surface area contributed by atoms with Crippen molar-refractivity contribution in [1.82, 2.24) is 20.4 Å². The number of ether oxygens (including phenoxy) is 1. The quantitative estimate of drug-likeness (QED) is 0.269. The van der Waals surface area contributed by atoms with Crippen LogP contribution in [0.15, 0.2) is 30.3 Å². The number of carboxylic acid groups (broad SMARTS) is 2. The number of carbonyl (C=O) groups is 6. The number of amides is 4. The van der Waals surface area contributed by atoms with Crippen LogP contribution in [0.1, 0.15) is 53.5 Å². The Labute approximate surface area is 240 Å². The van der Waals surface area contributed by atoms with E-state index in [-0.39, 0.29) is 6.42 Å². The van der Waals surface area contributed by atoms with Gasteiger partial charge in [-0.2, -0.15) is 0 Å². The van der Waals surface area contributed by atoms with Gasteiger partial charge in [0.2, 0.25) is 17.7 Å². The molecule has 0 radical (unpaired) electrons. The Kier molecular flexibility index (Phi) is 12.8. The Bertz CT molecular complexity index is 1100. The minimum atomic E-state index is -1.70. The third-order valence-electron chi connectivity index (χ3n) is 6.13. The molecule has 0 aliphatic rings. The summed E-state index contributed by atoms with van der Waals surface area (Å²) in [6.45, 7) is 9.78. The van der Waals surface area contributed by atoms with E-state index in [0.29, 0.717) is 0 Å². The van der Waals surface area contributed by atoms with Crippen LogP contribution in [-0.2, 0) is 35.1 Å². The first-order valence-corrected chi connectivity index (χ1v) is 13.2. The van der Waals surface area contributed by atoms with Gasteiger partial charge >= 0.3 is 18.0 Å². The zero-order chi connectivity index (χ0) is 31.7. The highest BCUT2D eigenvalue weighted by Crippen LogP contribution is 2.17. The van der Waals surface area contributed by atoms with Crippen LogP contribution in [0.3, 0.4) is 0 Å². The number of rotatable bonds is 13. The van der Waals surface area contributed by atoms with Crippen molar-refractivity contribution in [2.24, 2.45) is 5.92 Å². The molecule has 228 valence electrons. The van der Waals surface area contributed by atoms with Crippen LogP contribution in [0, 0.1) is 5.92 Å². The normalized spacial score (nSPS) is 14.2. The highest BCUT2D eigenvalue weighted by atomic mass is 16.6. The Morgan fingerprint density at radius 1 is 0.878 bits per heavy atom. The molecule has 0 aromatic heterocycles. The maximum atomic E-state index is 13.9. The number of hydrogen-bond donors (Lipinski definition) is 4. The number of likely N-dealkylation sites (N-methyl/N-ethyl adjacent to an activating group) is 2. The van der Waals surface area contributed by atoms with Gasteiger partial charge in [0.25, 0.3) is 0 Å². The summed E-state index contributed by atoms with van der Waals surface area (Å²) < 4.78 is 5.22. The molecule has 0 unspecified atom stereocenters. The van der Waals surface area contributed by atoms with Gasteiger partial charge < -0.3 is 35.4 Å². The fraction of sp³-hybridized carbons (Fsp3) is 0.571. The smallest absolute Gasteiger partial charge is 0.408 e. The zero-order valence-corrected chi connectivity index (χ0v) is 24.8. The van der Waals surface area contributed by atoms with Gasteiger partial charge in [-0.1, -0.05) is 44.2 Å². The molecule has 1 aromatic carbocycles. The molecule has 0 bridgehead atoms. The molecule has 0 saturated heterocycles. The lowest BCUT2D eigenvalue weighted by molar-refractivity contribution is -0.151. The lowest BCUT2D eigenvalue weighted by Crippen LogP contribution is -2.59. The molecule has 4 atom stereocenters. The third-order valence-corrected chi connectivity index (χ3v) is 6.13. The van der Waals surface area contributed by atoms with E-state index in [1.54, 1.807) is 65.0 Å². The second-order valence-corrected chi connectivity index (χ2v) is 11.2. The molecule has 13 heteroatoms. The van der Waals surface area contributed by atoms with Gasteiger partial charge in [-0.15, -0.1) is 0 Å². The van der Waals surface area contributed by atoms with Crippen molar-refractivity contribution in [1.29, 1.82) is 0 Å². The lowest BCUT2D eigenvalue weighted by Gasteiger charge is -2.37. The van der Waals surface area contributed by atoms with E-state index in [2.05, 4.69) is 10.6 Å². The summed E-state index contributed by atoms with van der Waals surface area (Å²) in [5, 5.41) is 23.1. The Hall–Kier alpha value is -4.16. The van der Waals surface area contributed by atoms with Gasteiger partial charge in [0.1, 0.15) is 29.8 Å². The highest BCUT2D eigenvalue weighted by molar-refractivity contribution is 5.95. The Morgan fingerprint density at radius 2 is 1.44 bits per heavy atom. The predicted molar refractivity (Wildman–Crippen MR) is 149 cm³/mol. The molecule has 0 fully saturated rings. The first kappa shape index (κ1) is 34.9. The first-order valence-electron chi connectivity index (χ1n) is 13.2. The molecule has 0 heterocycles. The van der Waals surface area contributed by atoms with Gasteiger partial charge in [-0.25, -0.2) is 9.59 Å². The van der Waals surface area contributed by atoms with Crippen LogP contribution in [0.4, 0.5) is 4.79 Å². The molecule has 13 nitrogen and oxygen atoms in total. The van der Waals surface area contributed by atoms with Crippen LogP contribution in [0.2, 0.25) is 0 Å². The maximum Gasteiger partial charge on any atom is 0.408 e. The summed E-state index contributed by atoms with van der Waals surface area (Å²) in [4.78, 5) is 77.6. The predicted octanol–water partition coefficient (Wildman–Crippen LogP) is 1.50. The van der Waals surface area contributed by atoms with Crippen LogP contribution in [-0.4, -0.2) is 99.6 Å². The zero-order valence-electron chi connectivity index (χ0n) is 24.8. The van der Waals surface area contributed by atoms with E-state index in [1.165, 1.54) is 25.9 Å². The SMILES string of the molecule is CC(C)[C@@H](C(=O)N[C@@H](CC(=O)O)C(=O)O)N(C)C(=O)[C@H](Cc1ccccc1)N(C)C(=O)[C@H](C)NC(=O)OC(C)(C)C. The Morgan fingerprint density at radius 3 is 1.90 bits per heavy atom. The van der Waals surface area contributed by atoms with Gasteiger partial charge in [0, 0.05) is 20.5 Å². The third kappa shape index (κ3) is 11.1. The molecule has 0 aliphatic carbocycles. The Balaban J connectivity index is 3.31. The average molecular weight is 579 g/mol. The van der Waals surface area contributed by atoms with Gasteiger partial charge in [0.05, 0.1) is 6.42 Å². The molecule has 0 saturated carbocycles. The molecular weight excluding hydrogens is 536 g/mol. The molecule has 4 amide bonds. The van der Waals surface area contributed by atoms with Gasteiger partial charge in [0.15, 0.2) is 0 Å². The van der Waals surface area contributed by atoms with E-state index in [1.807, 2.05) is 0 Å². The van der Waals surface area contributed by atoms with Crippen molar-refractivity contribution in [3.63, 3.8) is 0 Å². The van der Waals surface area contributed by atoms with E-state index < -0.39 is 77.9 Å². The number of carbonyl (C=O) groups excluding carboxylic acids is 4. The van der Waals surface area contributed by atoms with Gasteiger partial charge in [-0.3, -0.25) is 19.2 Å². The molecule has 0 aliphatic heterocycles. The largest absolute Gasteiger partial charge is 0.481 e. The molecule has 41 heavy (non-hydrogen) atoms. The standard InChI is InChI=1S/C28H42N4O9/c1-16(2)22(23(35)30-19(26(38)39)15-21(33)34)32(8)25(37)20(14-18-12-10-9-11-13-18)31(7)24(36)17(3)29-27(40)41-28(4,5)6/h9-13,16-17,19-20,22H,14-15H2,1-8H3,(H,29,40)(H,30,35)(H,33,34)(H,38,39)/t17-,19-,20-,22-/m0/s1. The van der Waals surface area contributed by atoms with Crippen LogP contribution in [0.5, 0.6) is 0 Å². The molecule has 1 rings (SSSR count). The van der Waals surface area contributed by atoms with Crippen molar-refractivity contribution in [2.75, 3.05) is 14.1 Å². The number of alkyl carbamates (subject to hydrolysis) is 1. The van der Waals surface area contributed by atoms with Crippen LogP contribution >= 0.6 is 0 Å². The van der Waals surface area contributed by atoms with E-state index in [4.69, 9.17) is 9.84 Å². The monoisotopic (exact) mass is 578 g/mol. The van der Waals surface area contributed by atoms with Crippen molar-refractivity contribution >= 4 is 35.8 Å². The topological polar surface area (TPSA) is 183 Å². The van der Waals surface area contributed by atoms with Crippen molar-refractivity contribution < 1.29 is 43.7 Å². The second kappa shape index (κ2) is 15.0. The number of nitrogens with zero attached hydrogens (tertiary/aromatic N) is 2. The molecule has 4 N–H and O–H groups in total. The molecule has 1 aromatic rings. The van der Waals surface area contributed by atoms with Crippen LogP contribution < -0.4 is 10.6 Å². The van der Waals surface area contributed by atoms with E-state index >= 15 is 0 Å². The first-order chi connectivity index (χ1) is 18.8. The number of aliphatic carboxylic acids is 2. The fourth-order valence-electron chi connectivity index (χ4n) is 4.16.